The summed E-state index contributed by atoms with van der Waals surface area (Å²) in [5.41, 5.74) is 0. The minimum Gasteiger partial charge on any atom is -0.468 e. The number of hydrogen-bond acceptors (Lipinski definition) is 9. The van der Waals surface area contributed by atoms with E-state index in [2.05, 4.69) is 35.1 Å². The van der Waals surface area contributed by atoms with Crippen LogP contribution in [0.1, 0.15) is 31.5 Å². The van der Waals surface area contributed by atoms with Crippen LogP contribution >= 0.6 is 11.8 Å². The SMILES string of the molecule is CCNc1nc(C2CC2)nc(-n2cnc(SCC(=O)OC)n2)n1. The van der Waals surface area contributed by atoms with Crippen LogP contribution < -0.4 is 5.32 Å². The van der Waals surface area contributed by atoms with Crippen LogP contribution in [0.5, 0.6) is 0 Å². The van der Waals surface area contributed by atoms with Gasteiger partial charge in [-0.05, 0) is 19.8 Å². The Morgan fingerprint density at radius 3 is 2.96 bits per heavy atom. The molecule has 9 nitrogen and oxygen atoms in total. The molecule has 2 aromatic rings. The summed E-state index contributed by atoms with van der Waals surface area (Å²) < 4.78 is 6.09. The molecule has 0 aliphatic heterocycles. The van der Waals surface area contributed by atoms with Crippen LogP contribution in [0, 0.1) is 0 Å². The number of aromatic nitrogens is 6. The molecule has 1 fully saturated rings. The van der Waals surface area contributed by atoms with Crippen molar-refractivity contribution in [2.75, 3.05) is 24.7 Å². The highest BCUT2D eigenvalue weighted by atomic mass is 32.2. The molecule has 122 valence electrons. The lowest BCUT2D eigenvalue weighted by Gasteiger charge is -2.06. The maximum absolute atomic E-state index is 11.2. The van der Waals surface area contributed by atoms with Gasteiger partial charge in [-0.3, -0.25) is 4.79 Å². The van der Waals surface area contributed by atoms with E-state index in [-0.39, 0.29) is 11.7 Å². The van der Waals surface area contributed by atoms with Crippen molar-refractivity contribution in [1.29, 1.82) is 0 Å². The van der Waals surface area contributed by atoms with Gasteiger partial charge in [0, 0.05) is 12.5 Å². The first-order valence-electron chi connectivity index (χ1n) is 7.31. The predicted octanol–water partition coefficient (Wildman–Crippen LogP) is 1.03. The standard InChI is InChI=1S/C13H17N7O2S/c1-3-14-11-16-10(8-4-5-8)17-12(18-11)20-7-15-13(19-20)23-6-9(21)22-2/h7-8H,3-6H2,1-2H3,(H,14,16,17,18). The van der Waals surface area contributed by atoms with E-state index in [9.17, 15) is 4.79 Å². The Morgan fingerprint density at radius 2 is 2.26 bits per heavy atom. The number of carbonyl (C=O) groups is 1. The van der Waals surface area contributed by atoms with E-state index in [0.717, 1.165) is 25.2 Å². The molecule has 1 aliphatic carbocycles. The number of hydrogen-bond donors (Lipinski definition) is 1. The fourth-order valence-corrected chi connectivity index (χ4v) is 2.47. The molecule has 1 saturated carbocycles. The zero-order valence-corrected chi connectivity index (χ0v) is 13.7. The van der Waals surface area contributed by atoms with E-state index in [1.807, 2.05) is 6.92 Å². The van der Waals surface area contributed by atoms with Crippen molar-refractivity contribution in [2.24, 2.45) is 0 Å². The molecule has 0 spiro atoms. The molecule has 0 unspecified atom stereocenters. The molecule has 0 amide bonds. The molecule has 1 aliphatic rings. The van der Waals surface area contributed by atoms with Crippen LogP contribution in [0.15, 0.2) is 11.5 Å². The Morgan fingerprint density at radius 1 is 1.43 bits per heavy atom. The van der Waals surface area contributed by atoms with Gasteiger partial charge in [0.05, 0.1) is 12.9 Å². The molecule has 10 heteroatoms. The fraction of sp³-hybridized carbons (Fsp3) is 0.538. The molecule has 0 saturated heterocycles. The third-order valence-electron chi connectivity index (χ3n) is 3.14. The maximum Gasteiger partial charge on any atom is 0.316 e. The van der Waals surface area contributed by atoms with Gasteiger partial charge < -0.3 is 10.1 Å². The third kappa shape index (κ3) is 3.95. The molecular weight excluding hydrogens is 318 g/mol. The first-order chi connectivity index (χ1) is 11.2. The summed E-state index contributed by atoms with van der Waals surface area (Å²) in [6.07, 6.45) is 3.74. The zero-order valence-electron chi connectivity index (χ0n) is 12.9. The number of nitrogens with one attached hydrogen (secondary N) is 1. The van der Waals surface area contributed by atoms with Crippen LogP contribution in [0.3, 0.4) is 0 Å². The molecular formula is C13H17N7O2S. The minimum atomic E-state index is -0.322. The van der Waals surface area contributed by atoms with Gasteiger partial charge >= 0.3 is 5.97 Å². The van der Waals surface area contributed by atoms with E-state index >= 15 is 0 Å². The van der Waals surface area contributed by atoms with Crippen molar-refractivity contribution in [3.05, 3.63) is 12.2 Å². The van der Waals surface area contributed by atoms with Crippen molar-refractivity contribution in [3.8, 4) is 5.95 Å². The third-order valence-corrected chi connectivity index (χ3v) is 3.97. The zero-order chi connectivity index (χ0) is 16.2. The van der Waals surface area contributed by atoms with Gasteiger partial charge in [-0.1, -0.05) is 11.8 Å². The van der Waals surface area contributed by atoms with E-state index in [4.69, 9.17) is 0 Å². The number of ether oxygens (including phenoxy) is 1. The molecule has 2 heterocycles. The van der Waals surface area contributed by atoms with Crippen LogP contribution in [-0.4, -0.2) is 55.1 Å². The van der Waals surface area contributed by atoms with Gasteiger partial charge in [0.2, 0.25) is 11.1 Å². The molecule has 0 radical (unpaired) electrons. The highest BCUT2D eigenvalue weighted by Crippen LogP contribution is 2.38. The summed E-state index contributed by atoms with van der Waals surface area (Å²) in [4.78, 5) is 28.6. The van der Waals surface area contributed by atoms with Crippen LogP contribution in [0.25, 0.3) is 5.95 Å². The number of nitrogens with zero attached hydrogens (tertiary/aromatic N) is 6. The number of anilines is 1. The summed E-state index contributed by atoms with van der Waals surface area (Å²) in [6.45, 7) is 2.71. The van der Waals surface area contributed by atoms with Crippen molar-refractivity contribution < 1.29 is 9.53 Å². The first-order valence-corrected chi connectivity index (χ1v) is 8.29. The Bertz CT molecular complexity index is 701. The van der Waals surface area contributed by atoms with Crippen molar-refractivity contribution >= 4 is 23.7 Å². The molecule has 0 bridgehead atoms. The number of rotatable bonds is 7. The lowest BCUT2D eigenvalue weighted by atomic mass is 10.4. The Labute approximate surface area is 137 Å². The van der Waals surface area contributed by atoms with Crippen molar-refractivity contribution in [1.82, 2.24) is 29.7 Å². The highest BCUT2D eigenvalue weighted by Gasteiger charge is 2.28. The van der Waals surface area contributed by atoms with Gasteiger partial charge in [0.25, 0.3) is 5.95 Å². The quantitative estimate of drug-likeness (QED) is 0.586. The van der Waals surface area contributed by atoms with Gasteiger partial charge in [0.1, 0.15) is 12.2 Å². The summed E-state index contributed by atoms with van der Waals surface area (Å²) in [5.74, 6) is 2.00. The summed E-state index contributed by atoms with van der Waals surface area (Å²) in [6, 6.07) is 0. The molecule has 0 atom stereocenters. The van der Waals surface area contributed by atoms with Gasteiger partial charge in [-0.2, -0.15) is 19.6 Å². The van der Waals surface area contributed by atoms with Crippen molar-refractivity contribution in [3.63, 3.8) is 0 Å². The smallest absolute Gasteiger partial charge is 0.316 e. The Kier molecular flexibility index (Phi) is 4.70. The van der Waals surface area contributed by atoms with Crippen molar-refractivity contribution in [2.45, 2.75) is 30.8 Å². The molecule has 3 rings (SSSR count). The largest absolute Gasteiger partial charge is 0.468 e. The lowest BCUT2D eigenvalue weighted by Crippen LogP contribution is -2.11. The molecule has 0 aromatic carbocycles. The van der Waals surface area contributed by atoms with Gasteiger partial charge in [-0.15, -0.1) is 5.10 Å². The van der Waals surface area contributed by atoms with Crippen LogP contribution in [0.2, 0.25) is 0 Å². The second kappa shape index (κ2) is 6.90. The summed E-state index contributed by atoms with van der Waals surface area (Å²) in [5, 5.41) is 7.86. The second-order valence-electron chi connectivity index (χ2n) is 4.96. The number of thioether (sulfide) groups is 1. The van der Waals surface area contributed by atoms with E-state index in [1.54, 1.807) is 0 Å². The Balaban J connectivity index is 1.80. The number of carbonyl (C=O) groups excluding carboxylic acids is 1. The minimum absolute atomic E-state index is 0.160. The molecule has 23 heavy (non-hydrogen) atoms. The highest BCUT2D eigenvalue weighted by molar-refractivity contribution is 7.99. The number of methoxy groups -OCH3 is 1. The number of esters is 1. The average Bonchev–Trinajstić information content (AvgIpc) is 3.31. The first kappa shape index (κ1) is 15.7. The summed E-state index contributed by atoms with van der Waals surface area (Å²) in [7, 11) is 1.35. The Hall–Kier alpha value is -2.23. The maximum atomic E-state index is 11.2. The fourth-order valence-electron chi connectivity index (χ4n) is 1.84. The normalized spacial score (nSPS) is 13.8. The van der Waals surface area contributed by atoms with Gasteiger partial charge in [-0.25, -0.2) is 4.98 Å². The van der Waals surface area contributed by atoms with Crippen LogP contribution in [0.4, 0.5) is 5.95 Å². The average molecular weight is 335 g/mol. The van der Waals surface area contributed by atoms with E-state index < -0.39 is 0 Å². The van der Waals surface area contributed by atoms with E-state index in [1.165, 1.54) is 29.9 Å². The monoisotopic (exact) mass is 335 g/mol. The molecule has 1 N–H and O–H groups in total. The molecule has 2 aromatic heterocycles. The second-order valence-corrected chi connectivity index (χ2v) is 5.90. The van der Waals surface area contributed by atoms with E-state index in [0.29, 0.717) is 23.0 Å². The van der Waals surface area contributed by atoms with Gasteiger partial charge in [0.15, 0.2) is 0 Å². The van der Waals surface area contributed by atoms with Crippen LogP contribution in [-0.2, 0) is 9.53 Å². The predicted molar refractivity (Wildman–Crippen MR) is 83.6 cm³/mol. The topological polar surface area (TPSA) is 108 Å². The summed E-state index contributed by atoms with van der Waals surface area (Å²) >= 11 is 1.20. The lowest BCUT2D eigenvalue weighted by molar-refractivity contribution is -0.137.